The fourth-order valence-corrected chi connectivity index (χ4v) is 2.22. The van der Waals surface area contributed by atoms with Crippen LogP contribution < -0.4 is 19.9 Å². The largest absolute Gasteiger partial charge is 0.496 e. The predicted octanol–water partition coefficient (Wildman–Crippen LogP) is 1.81. The second-order valence-corrected chi connectivity index (χ2v) is 4.59. The molecule has 0 spiro atoms. The summed E-state index contributed by atoms with van der Waals surface area (Å²) in [4.78, 5) is 0. The molecule has 108 valence electrons. The van der Waals surface area contributed by atoms with E-state index < -0.39 is 0 Å². The molecule has 0 saturated heterocycles. The predicted molar refractivity (Wildman–Crippen MR) is 78.0 cm³/mol. The van der Waals surface area contributed by atoms with Crippen LogP contribution in [0.25, 0.3) is 0 Å². The highest BCUT2D eigenvalue weighted by Gasteiger charge is 2.23. The first-order chi connectivity index (χ1) is 9.60. The first-order valence-electron chi connectivity index (χ1n) is 6.31. The first kappa shape index (κ1) is 14.2. The zero-order chi connectivity index (χ0) is 14.7. The molecule has 1 aromatic rings. The molecule has 0 bridgehead atoms. The first-order valence-corrected chi connectivity index (χ1v) is 6.31. The van der Waals surface area contributed by atoms with Crippen LogP contribution in [0.5, 0.6) is 17.2 Å². The SMILES string of the molecule is COc1cc(OC)c(C2=NN=C(N)CC2C)cc1OC. The van der Waals surface area contributed by atoms with Crippen LogP contribution in [0.2, 0.25) is 0 Å². The van der Waals surface area contributed by atoms with Gasteiger partial charge >= 0.3 is 0 Å². The number of benzene rings is 1. The van der Waals surface area contributed by atoms with Gasteiger partial charge in [-0.05, 0) is 6.07 Å². The van der Waals surface area contributed by atoms with Crippen LogP contribution in [0, 0.1) is 5.92 Å². The van der Waals surface area contributed by atoms with Gasteiger partial charge in [0.15, 0.2) is 11.5 Å². The maximum absolute atomic E-state index is 5.70. The molecule has 2 N–H and O–H groups in total. The molecule has 1 aromatic carbocycles. The van der Waals surface area contributed by atoms with Crippen molar-refractivity contribution in [2.24, 2.45) is 21.9 Å². The Morgan fingerprint density at radius 1 is 1.00 bits per heavy atom. The number of ether oxygens (including phenoxy) is 3. The number of rotatable bonds is 4. The average molecular weight is 277 g/mol. The molecule has 6 heteroatoms. The highest BCUT2D eigenvalue weighted by molar-refractivity contribution is 6.07. The van der Waals surface area contributed by atoms with Gasteiger partial charge in [0.25, 0.3) is 0 Å². The summed E-state index contributed by atoms with van der Waals surface area (Å²) in [5, 5.41) is 8.17. The van der Waals surface area contributed by atoms with Crippen LogP contribution in [0.3, 0.4) is 0 Å². The highest BCUT2D eigenvalue weighted by atomic mass is 16.5. The van der Waals surface area contributed by atoms with Crippen molar-refractivity contribution in [2.75, 3.05) is 21.3 Å². The fraction of sp³-hybridized carbons (Fsp3) is 0.429. The van der Waals surface area contributed by atoms with Crippen molar-refractivity contribution in [2.45, 2.75) is 13.3 Å². The average Bonchev–Trinajstić information content (AvgIpc) is 2.46. The van der Waals surface area contributed by atoms with Crippen LogP contribution in [-0.2, 0) is 0 Å². The number of hydrogen-bond acceptors (Lipinski definition) is 6. The molecule has 0 radical (unpaired) electrons. The Hall–Kier alpha value is -2.24. The van der Waals surface area contributed by atoms with Crippen molar-refractivity contribution in [1.29, 1.82) is 0 Å². The maximum Gasteiger partial charge on any atom is 0.164 e. The molecular formula is C14H19N3O3. The summed E-state index contributed by atoms with van der Waals surface area (Å²) < 4.78 is 16.0. The topological polar surface area (TPSA) is 78.4 Å². The standard InChI is InChI=1S/C14H19N3O3/c1-8-5-13(15)16-17-14(8)9-6-11(19-3)12(20-4)7-10(9)18-2/h6-8H,5H2,1-4H3,(H2,15,16). The Kier molecular flexibility index (Phi) is 4.12. The van der Waals surface area contributed by atoms with Crippen molar-refractivity contribution < 1.29 is 14.2 Å². The number of nitrogens with two attached hydrogens (primary N) is 1. The second-order valence-electron chi connectivity index (χ2n) is 4.59. The Balaban J connectivity index is 2.55. The maximum atomic E-state index is 5.70. The van der Waals surface area contributed by atoms with Crippen molar-refractivity contribution in [3.8, 4) is 17.2 Å². The van der Waals surface area contributed by atoms with E-state index in [2.05, 4.69) is 17.1 Å². The van der Waals surface area contributed by atoms with E-state index in [1.807, 2.05) is 6.07 Å². The summed E-state index contributed by atoms with van der Waals surface area (Å²) in [5.74, 6) is 2.62. The quantitative estimate of drug-likeness (QED) is 0.910. The smallest absolute Gasteiger partial charge is 0.164 e. The third-order valence-corrected chi connectivity index (χ3v) is 3.25. The normalized spacial score (nSPS) is 18.1. The summed E-state index contributed by atoms with van der Waals surface area (Å²) in [5.41, 5.74) is 7.38. The Bertz CT molecular complexity index is 567. The van der Waals surface area contributed by atoms with Gasteiger partial charge < -0.3 is 19.9 Å². The van der Waals surface area contributed by atoms with Crippen molar-refractivity contribution in [1.82, 2.24) is 0 Å². The summed E-state index contributed by atoms with van der Waals surface area (Å²) >= 11 is 0. The third kappa shape index (κ3) is 2.54. The zero-order valence-corrected chi connectivity index (χ0v) is 12.1. The summed E-state index contributed by atoms with van der Waals surface area (Å²) in [7, 11) is 4.79. The minimum absolute atomic E-state index is 0.166. The monoisotopic (exact) mass is 277 g/mol. The lowest BCUT2D eigenvalue weighted by atomic mass is 9.93. The van der Waals surface area contributed by atoms with Gasteiger partial charge in [-0.2, -0.15) is 5.10 Å². The molecule has 0 aliphatic carbocycles. The van der Waals surface area contributed by atoms with E-state index in [4.69, 9.17) is 19.9 Å². The molecule has 20 heavy (non-hydrogen) atoms. The van der Waals surface area contributed by atoms with Gasteiger partial charge in [-0.1, -0.05) is 6.92 Å². The Morgan fingerprint density at radius 3 is 2.15 bits per heavy atom. The molecule has 6 nitrogen and oxygen atoms in total. The van der Waals surface area contributed by atoms with E-state index in [1.54, 1.807) is 27.4 Å². The summed E-state index contributed by atoms with van der Waals surface area (Å²) in [6.45, 7) is 2.05. The minimum atomic E-state index is 0.166. The molecule has 0 fully saturated rings. The molecule has 1 heterocycles. The van der Waals surface area contributed by atoms with Crippen LogP contribution in [0.15, 0.2) is 22.3 Å². The molecule has 0 aromatic heterocycles. The van der Waals surface area contributed by atoms with Gasteiger partial charge in [0.1, 0.15) is 11.6 Å². The summed E-state index contributed by atoms with van der Waals surface area (Å²) in [6.07, 6.45) is 0.677. The Morgan fingerprint density at radius 2 is 1.60 bits per heavy atom. The van der Waals surface area contributed by atoms with E-state index in [0.717, 1.165) is 11.3 Å². The van der Waals surface area contributed by atoms with E-state index >= 15 is 0 Å². The van der Waals surface area contributed by atoms with Crippen LogP contribution >= 0.6 is 0 Å². The zero-order valence-electron chi connectivity index (χ0n) is 12.1. The van der Waals surface area contributed by atoms with Crippen molar-refractivity contribution in [3.63, 3.8) is 0 Å². The number of amidine groups is 1. The van der Waals surface area contributed by atoms with Crippen LogP contribution in [0.4, 0.5) is 0 Å². The van der Waals surface area contributed by atoms with Gasteiger partial charge in [-0.25, -0.2) is 0 Å². The molecular weight excluding hydrogens is 258 g/mol. The Labute approximate surface area is 118 Å². The third-order valence-electron chi connectivity index (χ3n) is 3.25. The van der Waals surface area contributed by atoms with Crippen LogP contribution in [0.1, 0.15) is 18.9 Å². The molecule has 1 aliphatic heterocycles. The van der Waals surface area contributed by atoms with Gasteiger partial charge in [0, 0.05) is 24.0 Å². The lowest BCUT2D eigenvalue weighted by molar-refractivity contribution is 0.348. The summed E-state index contributed by atoms with van der Waals surface area (Å²) in [6, 6.07) is 3.63. The number of hydrogen-bond donors (Lipinski definition) is 1. The molecule has 0 saturated carbocycles. The van der Waals surface area contributed by atoms with Crippen molar-refractivity contribution >= 4 is 11.5 Å². The molecule has 2 rings (SSSR count). The van der Waals surface area contributed by atoms with Crippen LogP contribution in [-0.4, -0.2) is 32.9 Å². The molecule has 1 atom stereocenters. The lowest BCUT2D eigenvalue weighted by Gasteiger charge is -2.20. The van der Waals surface area contributed by atoms with Crippen molar-refractivity contribution in [3.05, 3.63) is 17.7 Å². The van der Waals surface area contributed by atoms with Gasteiger partial charge in [0.05, 0.1) is 27.0 Å². The number of nitrogens with zero attached hydrogens (tertiary/aromatic N) is 2. The van der Waals surface area contributed by atoms with E-state index in [9.17, 15) is 0 Å². The van der Waals surface area contributed by atoms with Gasteiger partial charge in [-0.3, -0.25) is 0 Å². The molecule has 1 unspecified atom stereocenters. The lowest BCUT2D eigenvalue weighted by Crippen LogP contribution is -2.25. The van der Waals surface area contributed by atoms with Gasteiger partial charge in [-0.15, -0.1) is 5.10 Å². The van der Waals surface area contributed by atoms with Gasteiger partial charge in [0.2, 0.25) is 0 Å². The second kappa shape index (κ2) is 5.81. The minimum Gasteiger partial charge on any atom is -0.496 e. The number of methoxy groups -OCH3 is 3. The molecule has 1 aliphatic rings. The van der Waals surface area contributed by atoms with E-state index in [0.29, 0.717) is 29.5 Å². The highest BCUT2D eigenvalue weighted by Crippen LogP contribution is 2.36. The molecule has 0 amide bonds. The van der Waals surface area contributed by atoms with E-state index in [1.165, 1.54) is 0 Å². The van der Waals surface area contributed by atoms with E-state index in [-0.39, 0.29) is 5.92 Å². The fourth-order valence-electron chi connectivity index (χ4n) is 2.22.